The van der Waals surface area contributed by atoms with Gasteiger partial charge in [-0.2, -0.15) is 4.18 Å². The molecule has 1 atom stereocenters. The molecule has 13 heavy (non-hydrogen) atoms. The summed E-state index contributed by atoms with van der Waals surface area (Å²) in [6, 6.07) is 0. The molecular weight excluding hydrogens is 182 g/mol. The lowest BCUT2D eigenvalue weighted by molar-refractivity contribution is 0.336. The normalized spacial score (nSPS) is 14.5. The van der Waals surface area contributed by atoms with E-state index in [9.17, 15) is 0 Å². The largest absolute Gasteiger partial charge is 0.234 e. The molecule has 80 valence electrons. The monoisotopic (exact) mass is 206 g/mol. The van der Waals surface area contributed by atoms with Gasteiger partial charge in [-0.15, -0.1) is 4.72 Å². The topological polar surface area (TPSA) is 21.3 Å². The fourth-order valence-corrected chi connectivity index (χ4v) is 2.29. The van der Waals surface area contributed by atoms with Crippen LogP contribution in [0.15, 0.2) is 0 Å². The molecule has 0 aromatic carbocycles. The van der Waals surface area contributed by atoms with Gasteiger partial charge in [-0.3, -0.25) is 0 Å². The van der Waals surface area contributed by atoms with E-state index in [1.807, 2.05) is 0 Å². The third-order valence-corrected chi connectivity index (χ3v) is 2.88. The highest BCUT2D eigenvalue weighted by Gasteiger charge is 2.22. The van der Waals surface area contributed by atoms with Crippen molar-refractivity contribution >= 4 is 11.4 Å². The Morgan fingerprint density at radius 2 is 1.85 bits per heavy atom. The van der Waals surface area contributed by atoms with Gasteiger partial charge in [0.15, 0.2) is 6.26 Å². The molecule has 1 unspecified atom stereocenters. The molecule has 3 heteroatoms. The minimum atomic E-state index is -0.0930. The van der Waals surface area contributed by atoms with E-state index in [2.05, 4.69) is 38.7 Å². The first kappa shape index (κ1) is 13.3. The van der Waals surface area contributed by atoms with E-state index >= 15 is 0 Å². The van der Waals surface area contributed by atoms with Gasteiger partial charge in [-0.05, 0) is 27.2 Å². The average Bonchev–Trinajstić information content (AvgIpc) is 1.94. The highest BCUT2D eigenvalue weighted by atomic mass is 32.2. The van der Waals surface area contributed by atoms with Gasteiger partial charge in [0.2, 0.25) is 11.4 Å². The van der Waals surface area contributed by atoms with E-state index in [0.717, 1.165) is 6.61 Å². The van der Waals surface area contributed by atoms with E-state index < -0.39 is 0 Å². The Balaban J connectivity index is 3.35. The summed E-state index contributed by atoms with van der Waals surface area (Å²) in [5, 5.41) is 0. The molecule has 0 saturated heterocycles. The Bertz CT molecular complexity index is 123. The quantitative estimate of drug-likeness (QED) is 0.533. The fraction of sp³-hybridized carbons (Fsp3) is 1.00. The lowest BCUT2D eigenvalue weighted by Gasteiger charge is -2.16. The van der Waals surface area contributed by atoms with E-state index in [0.29, 0.717) is 0 Å². The second-order valence-electron chi connectivity index (χ2n) is 4.34. The predicted molar refractivity (Wildman–Crippen MR) is 61.7 cm³/mol. The summed E-state index contributed by atoms with van der Waals surface area (Å²) in [6.07, 6.45) is 5.80. The second kappa shape index (κ2) is 6.68. The van der Waals surface area contributed by atoms with Gasteiger partial charge in [-0.1, -0.05) is 19.8 Å². The lowest BCUT2D eigenvalue weighted by Crippen LogP contribution is -2.41. The first-order chi connectivity index (χ1) is 5.95. The van der Waals surface area contributed by atoms with Crippen LogP contribution in [0.5, 0.6) is 0 Å². The maximum atomic E-state index is 5.64. The zero-order valence-corrected chi connectivity index (χ0v) is 10.5. The minimum absolute atomic E-state index is 0.0930. The summed E-state index contributed by atoms with van der Waals surface area (Å²) in [4.78, 5) is 0. The molecule has 0 aliphatic carbocycles. The molecule has 0 aromatic heterocycles. The molecule has 0 aliphatic heterocycles. The molecule has 0 spiro atoms. The van der Waals surface area contributed by atoms with Crippen molar-refractivity contribution in [3.63, 3.8) is 0 Å². The van der Waals surface area contributed by atoms with E-state index in [1.165, 1.54) is 19.3 Å². The first-order valence-electron chi connectivity index (χ1n) is 5.02. The number of rotatable bonds is 6. The van der Waals surface area contributed by atoms with Crippen molar-refractivity contribution in [1.29, 1.82) is 0 Å². The van der Waals surface area contributed by atoms with Crippen LogP contribution in [0.2, 0.25) is 0 Å². The second-order valence-corrected chi connectivity index (χ2v) is 5.68. The van der Waals surface area contributed by atoms with Gasteiger partial charge < -0.3 is 0 Å². The SMILES string of the molecule is CCCCCO[S+](C)NC(C)(C)C. The fourth-order valence-electron chi connectivity index (χ4n) is 0.997. The maximum Gasteiger partial charge on any atom is 0.234 e. The summed E-state index contributed by atoms with van der Waals surface area (Å²) in [5.41, 5.74) is 0.155. The maximum absolute atomic E-state index is 5.64. The third kappa shape index (κ3) is 10.2. The van der Waals surface area contributed by atoms with Crippen LogP contribution < -0.4 is 4.72 Å². The molecule has 0 aromatic rings. The average molecular weight is 206 g/mol. The van der Waals surface area contributed by atoms with Crippen LogP contribution in [0.3, 0.4) is 0 Å². The van der Waals surface area contributed by atoms with E-state index in [-0.39, 0.29) is 16.9 Å². The molecule has 0 saturated carbocycles. The number of hydrogen-bond acceptors (Lipinski definition) is 2. The molecule has 2 nitrogen and oxygen atoms in total. The lowest BCUT2D eigenvalue weighted by atomic mass is 10.1. The van der Waals surface area contributed by atoms with Crippen molar-refractivity contribution in [3.8, 4) is 0 Å². The number of unbranched alkanes of at least 4 members (excludes halogenated alkanes) is 2. The summed E-state index contributed by atoms with van der Waals surface area (Å²) >= 11 is -0.0930. The molecule has 0 bridgehead atoms. The Labute approximate surface area is 86.1 Å². The van der Waals surface area contributed by atoms with Crippen LogP contribution in [-0.4, -0.2) is 18.4 Å². The van der Waals surface area contributed by atoms with Gasteiger partial charge in [0.1, 0.15) is 6.61 Å². The molecule has 0 amide bonds. The van der Waals surface area contributed by atoms with Crippen molar-refractivity contribution in [2.75, 3.05) is 12.9 Å². The molecule has 1 N–H and O–H groups in total. The van der Waals surface area contributed by atoms with Crippen molar-refractivity contribution in [2.45, 2.75) is 52.5 Å². The van der Waals surface area contributed by atoms with Gasteiger partial charge in [0.05, 0.1) is 5.54 Å². The minimum Gasteiger partial charge on any atom is -0.152 e. The summed E-state index contributed by atoms with van der Waals surface area (Å²) in [7, 11) is 0. The molecule has 0 aliphatic rings. The van der Waals surface area contributed by atoms with Crippen molar-refractivity contribution in [1.82, 2.24) is 4.72 Å². The Morgan fingerprint density at radius 1 is 1.23 bits per heavy atom. The zero-order chi connectivity index (χ0) is 10.3. The van der Waals surface area contributed by atoms with Gasteiger partial charge in [0, 0.05) is 0 Å². The smallest absolute Gasteiger partial charge is 0.152 e. The zero-order valence-electron chi connectivity index (χ0n) is 9.64. The van der Waals surface area contributed by atoms with Crippen molar-refractivity contribution < 1.29 is 4.18 Å². The Hall–Kier alpha value is 0.270. The highest BCUT2D eigenvalue weighted by Crippen LogP contribution is 2.04. The predicted octanol–water partition coefficient (Wildman–Crippen LogP) is 2.66. The van der Waals surface area contributed by atoms with Crippen LogP contribution in [0, 0.1) is 0 Å². The summed E-state index contributed by atoms with van der Waals surface area (Å²) in [5.74, 6) is 0. The van der Waals surface area contributed by atoms with E-state index in [1.54, 1.807) is 0 Å². The molecule has 0 heterocycles. The molecule has 0 radical (unpaired) electrons. The van der Waals surface area contributed by atoms with Crippen molar-refractivity contribution in [2.24, 2.45) is 0 Å². The molecule has 0 fully saturated rings. The van der Waals surface area contributed by atoms with Gasteiger partial charge in [-0.25, -0.2) is 0 Å². The van der Waals surface area contributed by atoms with Crippen molar-refractivity contribution in [3.05, 3.63) is 0 Å². The van der Waals surface area contributed by atoms with E-state index in [4.69, 9.17) is 4.18 Å². The third-order valence-electron chi connectivity index (χ3n) is 1.46. The van der Waals surface area contributed by atoms with Crippen LogP contribution in [-0.2, 0) is 15.5 Å². The standard InChI is InChI=1S/C10H24NOS/c1-6-7-8-9-12-13(5)11-10(2,3)4/h11H,6-9H2,1-5H3/q+1. The Morgan fingerprint density at radius 3 is 2.31 bits per heavy atom. The number of nitrogens with one attached hydrogen (secondary N) is 1. The summed E-state index contributed by atoms with van der Waals surface area (Å²) < 4.78 is 9.04. The van der Waals surface area contributed by atoms with Crippen LogP contribution in [0.1, 0.15) is 47.0 Å². The first-order valence-corrected chi connectivity index (χ1v) is 6.58. The molecule has 0 rings (SSSR count). The highest BCUT2D eigenvalue weighted by molar-refractivity contribution is 7.89. The number of hydrogen-bond donors (Lipinski definition) is 1. The van der Waals surface area contributed by atoms with Gasteiger partial charge in [0.25, 0.3) is 0 Å². The summed E-state index contributed by atoms with van der Waals surface area (Å²) in [6.45, 7) is 9.57. The Kier molecular flexibility index (Phi) is 6.82. The van der Waals surface area contributed by atoms with Crippen LogP contribution >= 0.6 is 0 Å². The van der Waals surface area contributed by atoms with Gasteiger partial charge >= 0.3 is 0 Å². The van der Waals surface area contributed by atoms with Crippen LogP contribution in [0.4, 0.5) is 0 Å². The molecular formula is C10H24NOS+. The van der Waals surface area contributed by atoms with Crippen LogP contribution in [0.25, 0.3) is 0 Å².